The van der Waals surface area contributed by atoms with E-state index in [4.69, 9.17) is 4.98 Å². The highest BCUT2D eigenvalue weighted by Crippen LogP contribution is 2.49. The number of carbonyl (C=O) groups is 1. The van der Waals surface area contributed by atoms with Crippen LogP contribution in [0, 0.1) is 5.92 Å². The number of aliphatic hydroxyl groups excluding tert-OH is 1. The lowest BCUT2D eigenvalue weighted by molar-refractivity contribution is -0.115. The fourth-order valence-corrected chi connectivity index (χ4v) is 6.19. The lowest BCUT2D eigenvalue weighted by Crippen LogP contribution is -2.28. The zero-order chi connectivity index (χ0) is 16.4. The number of carbonyl (C=O) groups excluding carboxylic acids is 1. The minimum Gasteiger partial charge on any atom is -0.388 e. The number of para-hydroxylation sites is 1. The van der Waals surface area contributed by atoms with Crippen LogP contribution in [0.4, 0.5) is 0 Å². The second-order valence-electron chi connectivity index (χ2n) is 7.73. The first-order valence-electron chi connectivity index (χ1n) is 8.22. The molecule has 118 valence electrons. The Bertz CT molecular complexity index is 863. The number of fused-ring (bicyclic) bond motifs is 4. The van der Waals surface area contributed by atoms with Gasteiger partial charge in [-0.1, -0.05) is 37.8 Å². The first kappa shape index (κ1) is 14.8. The largest absolute Gasteiger partial charge is 0.388 e. The minimum absolute atomic E-state index is 0.139. The van der Waals surface area contributed by atoms with Crippen LogP contribution in [0.1, 0.15) is 30.2 Å². The van der Waals surface area contributed by atoms with Gasteiger partial charge in [0.25, 0.3) is 0 Å². The van der Waals surface area contributed by atoms with Crippen molar-refractivity contribution in [2.24, 2.45) is 5.92 Å². The van der Waals surface area contributed by atoms with E-state index in [0.29, 0.717) is 12.8 Å². The number of aromatic nitrogens is 1. The van der Waals surface area contributed by atoms with Gasteiger partial charge in [-0.05, 0) is 35.2 Å². The number of aliphatic hydroxyl groups is 1. The molecule has 0 saturated carbocycles. The molecule has 0 amide bonds. The average Bonchev–Trinajstić information content (AvgIpc) is 2.82. The summed E-state index contributed by atoms with van der Waals surface area (Å²) in [4.78, 5) is 17.5. The van der Waals surface area contributed by atoms with Crippen molar-refractivity contribution in [2.45, 2.75) is 38.6 Å². The van der Waals surface area contributed by atoms with Crippen molar-refractivity contribution in [3.05, 3.63) is 46.8 Å². The average molecular weight is 323 g/mol. The Balaban J connectivity index is 2.05. The van der Waals surface area contributed by atoms with Crippen LogP contribution in [0.5, 0.6) is 0 Å². The van der Waals surface area contributed by atoms with Gasteiger partial charge in [-0.25, -0.2) is 4.98 Å². The number of hydrogen-bond acceptors (Lipinski definition) is 3. The number of ketones is 1. The number of Topliss-reactive ketones (excluding diaryl/α,β-unsaturated/α-hetero) is 1. The summed E-state index contributed by atoms with van der Waals surface area (Å²) in [7, 11) is -1.74. The second-order valence-corrected chi connectivity index (χ2v) is 12.7. The minimum atomic E-state index is -1.74. The monoisotopic (exact) mass is 323 g/mol. The Kier molecular flexibility index (Phi) is 3.12. The summed E-state index contributed by atoms with van der Waals surface area (Å²) in [5.41, 5.74) is 3.83. The third-order valence-electron chi connectivity index (χ3n) is 5.01. The molecule has 0 radical (unpaired) electrons. The Morgan fingerprint density at radius 1 is 1.22 bits per heavy atom. The molecule has 1 aromatic carbocycles. The molecule has 4 heteroatoms. The summed E-state index contributed by atoms with van der Waals surface area (Å²) >= 11 is 0. The van der Waals surface area contributed by atoms with Crippen LogP contribution in [-0.2, 0) is 4.79 Å². The summed E-state index contributed by atoms with van der Waals surface area (Å²) in [5.74, 6) is 0.416. The van der Waals surface area contributed by atoms with E-state index in [1.807, 2.05) is 24.3 Å². The predicted molar refractivity (Wildman–Crippen MR) is 94.7 cm³/mol. The number of pyridine rings is 1. The molecule has 0 aliphatic heterocycles. The van der Waals surface area contributed by atoms with E-state index in [0.717, 1.165) is 32.9 Å². The van der Waals surface area contributed by atoms with E-state index in [2.05, 4.69) is 25.7 Å². The molecular formula is C19H21NO2Si. The van der Waals surface area contributed by atoms with E-state index in [-0.39, 0.29) is 11.7 Å². The first-order valence-corrected chi connectivity index (χ1v) is 11.7. The van der Waals surface area contributed by atoms with Crippen LogP contribution in [0.25, 0.3) is 16.5 Å². The van der Waals surface area contributed by atoms with Crippen molar-refractivity contribution < 1.29 is 9.90 Å². The molecule has 1 N–H and O–H groups in total. The summed E-state index contributed by atoms with van der Waals surface area (Å²) in [5, 5.41) is 12.7. The zero-order valence-corrected chi connectivity index (χ0v) is 14.8. The van der Waals surface area contributed by atoms with Gasteiger partial charge in [-0.3, -0.25) is 4.79 Å². The van der Waals surface area contributed by atoms with Crippen LogP contribution in [0.3, 0.4) is 0 Å². The molecule has 2 aliphatic carbocycles. The van der Waals surface area contributed by atoms with E-state index < -0.39 is 14.2 Å². The van der Waals surface area contributed by atoms with Gasteiger partial charge in [-0.2, -0.15) is 0 Å². The van der Waals surface area contributed by atoms with E-state index >= 15 is 0 Å². The maximum absolute atomic E-state index is 12.6. The molecule has 0 bridgehead atoms. The number of nitrogens with zero attached hydrogens (tertiary/aromatic N) is 1. The molecule has 1 heterocycles. The molecule has 2 aliphatic rings. The molecule has 3 nitrogen and oxygen atoms in total. The van der Waals surface area contributed by atoms with E-state index in [1.54, 1.807) is 0 Å². The third kappa shape index (κ3) is 2.20. The fraction of sp³-hybridized carbons (Fsp3) is 0.368. The van der Waals surface area contributed by atoms with Gasteiger partial charge in [0.2, 0.25) is 0 Å². The molecule has 0 fully saturated rings. The molecule has 2 aromatic rings. The molecule has 2 atom stereocenters. The first-order chi connectivity index (χ1) is 10.9. The van der Waals surface area contributed by atoms with Crippen molar-refractivity contribution in [1.82, 2.24) is 4.98 Å². The zero-order valence-electron chi connectivity index (χ0n) is 13.8. The predicted octanol–water partition coefficient (Wildman–Crippen LogP) is 3.89. The van der Waals surface area contributed by atoms with Gasteiger partial charge in [0, 0.05) is 17.4 Å². The molecule has 4 rings (SSSR count). The van der Waals surface area contributed by atoms with Gasteiger partial charge in [0.05, 0.1) is 25.4 Å². The maximum Gasteiger partial charge on any atom is 0.155 e. The smallest absolute Gasteiger partial charge is 0.155 e. The molecule has 23 heavy (non-hydrogen) atoms. The van der Waals surface area contributed by atoms with Crippen molar-refractivity contribution >= 4 is 30.3 Å². The van der Waals surface area contributed by atoms with Gasteiger partial charge in [0.1, 0.15) is 0 Å². The standard InChI is InChI=1S/C19H21NO2Si/c1-23(2,3)19-16(22)10-12-9-15(21)13-8-11-6-4-5-7-14(11)20-18(13)17(12)19/h4-8,12,15,21H,9-10H2,1-3H3/t12-,15?/m1/s1. The summed E-state index contributed by atoms with van der Waals surface area (Å²) < 4.78 is 0. The normalized spacial score (nSPS) is 24.1. The van der Waals surface area contributed by atoms with Crippen LogP contribution >= 0.6 is 0 Å². The number of hydrogen-bond donors (Lipinski definition) is 1. The Labute approximate surface area is 137 Å². The van der Waals surface area contributed by atoms with E-state index in [9.17, 15) is 9.90 Å². The fourth-order valence-electron chi connectivity index (χ4n) is 4.12. The lowest BCUT2D eigenvalue weighted by atomic mass is 9.81. The summed E-state index contributed by atoms with van der Waals surface area (Å²) in [6.45, 7) is 6.67. The van der Waals surface area contributed by atoms with Crippen molar-refractivity contribution in [3.8, 4) is 0 Å². The highest BCUT2D eigenvalue weighted by Gasteiger charge is 2.44. The molecule has 1 aromatic heterocycles. The van der Waals surface area contributed by atoms with Gasteiger partial charge in [0.15, 0.2) is 5.78 Å². The lowest BCUT2D eigenvalue weighted by Gasteiger charge is -2.29. The van der Waals surface area contributed by atoms with Crippen LogP contribution in [-0.4, -0.2) is 23.9 Å². The highest BCUT2D eigenvalue weighted by molar-refractivity contribution is 6.88. The number of allylic oxidation sites excluding steroid dienone is 2. The van der Waals surface area contributed by atoms with Gasteiger partial charge >= 0.3 is 0 Å². The molecule has 0 saturated heterocycles. The molecular weight excluding hydrogens is 302 g/mol. The van der Waals surface area contributed by atoms with Crippen molar-refractivity contribution in [1.29, 1.82) is 0 Å². The van der Waals surface area contributed by atoms with Crippen molar-refractivity contribution in [3.63, 3.8) is 0 Å². The number of benzene rings is 1. The second kappa shape index (κ2) is 4.85. The summed E-state index contributed by atoms with van der Waals surface area (Å²) in [6, 6.07) is 10.0. The Hall–Kier alpha value is -1.78. The summed E-state index contributed by atoms with van der Waals surface area (Å²) in [6.07, 6.45) is 0.659. The highest BCUT2D eigenvalue weighted by atomic mass is 28.3. The van der Waals surface area contributed by atoms with Gasteiger partial charge in [-0.15, -0.1) is 0 Å². The molecule has 0 spiro atoms. The van der Waals surface area contributed by atoms with Crippen molar-refractivity contribution in [2.75, 3.05) is 0 Å². The number of rotatable bonds is 1. The van der Waals surface area contributed by atoms with Crippen LogP contribution < -0.4 is 0 Å². The quantitative estimate of drug-likeness (QED) is 0.810. The Morgan fingerprint density at radius 3 is 2.70 bits per heavy atom. The van der Waals surface area contributed by atoms with E-state index in [1.165, 1.54) is 0 Å². The third-order valence-corrected chi connectivity index (χ3v) is 7.06. The van der Waals surface area contributed by atoms with Crippen LogP contribution in [0.15, 0.2) is 35.5 Å². The SMILES string of the molecule is C[Si](C)(C)C1=C2c3nc4ccccc4cc3C(O)C[C@@H]2CC1=O. The Morgan fingerprint density at radius 2 is 1.96 bits per heavy atom. The molecule has 1 unspecified atom stereocenters. The topological polar surface area (TPSA) is 50.2 Å². The maximum atomic E-state index is 12.6. The van der Waals surface area contributed by atoms with Crippen LogP contribution in [0.2, 0.25) is 19.6 Å². The van der Waals surface area contributed by atoms with Gasteiger partial charge < -0.3 is 5.11 Å².